The van der Waals surface area contributed by atoms with Crippen LogP contribution in [0.5, 0.6) is 0 Å². The van der Waals surface area contributed by atoms with E-state index in [1.165, 1.54) is 0 Å². The van der Waals surface area contributed by atoms with Crippen LogP contribution in [0.25, 0.3) is 0 Å². The molecule has 0 aliphatic carbocycles. The number of primary amides is 1. The summed E-state index contributed by atoms with van der Waals surface area (Å²) in [5.41, 5.74) is -3.64. The number of nitrogens with two attached hydrogens (primary N) is 1. The zero-order valence-electron chi connectivity index (χ0n) is 8.88. The molecular weight excluding hydrogens is 282 g/mol. The molecule has 0 atom stereocenters. The zero-order valence-corrected chi connectivity index (χ0v) is 8.88. The van der Waals surface area contributed by atoms with E-state index in [1.807, 2.05) is 0 Å². The smallest absolute Gasteiger partial charge is 0.369 e. The fourth-order valence-corrected chi connectivity index (χ4v) is 1.36. The third kappa shape index (κ3) is 2.35. The van der Waals surface area contributed by atoms with Gasteiger partial charge in [0.05, 0.1) is 0 Å². The van der Waals surface area contributed by atoms with Gasteiger partial charge < -0.3 is 10.8 Å². The number of hydrogen-bond donors (Lipinski definition) is 2. The number of aromatic nitrogens is 1. The second-order valence-electron chi connectivity index (χ2n) is 3.47. The van der Waals surface area contributed by atoms with Crippen LogP contribution in [0.4, 0.5) is 26.3 Å². The molecule has 0 aliphatic rings. The van der Waals surface area contributed by atoms with Gasteiger partial charge in [-0.15, -0.1) is 0 Å². The van der Waals surface area contributed by atoms with E-state index in [0.29, 0.717) is 6.07 Å². The molecule has 1 heterocycles. The number of hydrogen-bond acceptors (Lipinski definition) is 3. The molecule has 0 saturated heterocycles. The van der Waals surface area contributed by atoms with Crippen molar-refractivity contribution >= 4 is 5.91 Å². The number of rotatable bonds is 2. The summed E-state index contributed by atoms with van der Waals surface area (Å²) in [6.45, 7) is 0. The van der Waals surface area contributed by atoms with Crippen LogP contribution in [0.2, 0.25) is 0 Å². The van der Waals surface area contributed by atoms with Gasteiger partial charge in [0, 0.05) is 11.8 Å². The van der Waals surface area contributed by atoms with Crippen molar-refractivity contribution in [2.75, 3.05) is 0 Å². The maximum absolute atomic E-state index is 12.6. The number of halogens is 6. The minimum absolute atomic E-state index is 0.286. The summed E-state index contributed by atoms with van der Waals surface area (Å²) >= 11 is 0. The van der Waals surface area contributed by atoms with Crippen LogP contribution < -0.4 is 5.73 Å². The van der Waals surface area contributed by atoms with Crippen LogP contribution in [0.3, 0.4) is 0 Å². The fraction of sp³-hybridized carbons (Fsp3) is 0.333. The summed E-state index contributed by atoms with van der Waals surface area (Å²) in [5.74, 6) is -1.62. The third-order valence-corrected chi connectivity index (χ3v) is 2.25. The van der Waals surface area contributed by atoms with Crippen molar-refractivity contribution in [1.82, 2.24) is 4.98 Å². The lowest BCUT2D eigenvalue weighted by molar-refractivity contribution is -0.376. The topological polar surface area (TPSA) is 76.2 Å². The minimum Gasteiger partial charge on any atom is -0.369 e. The number of nitrogens with zero attached hydrogens (tertiary/aromatic N) is 1. The molecule has 0 aromatic carbocycles. The Hall–Kier alpha value is -1.84. The highest BCUT2D eigenvalue weighted by Gasteiger charge is 2.72. The highest BCUT2D eigenvalue weighted by Crippen LogP contribution is 2.50. The molecule has 0 radical (unpaired) electrons. The van der Waals surface area contributed by atoms with E-state index in [2.05, 4.69) is 10.7 Å². The highest BCUT2D eigenvalue weighted by atomic mass is 19.4. The Morgan fingerprint density at radius 3 is 2.00 bits per heavy atom. The lowest BCUT2D eigenvalue weighted by Crippen LogP contribution is -2.54. The zero-order chi connectivity index (χ0) is 15.1. The molecule has 106 valence electrons. The SMILES string of the molecule is NC(=O)c1ncccc1C(O)(C(F)(F)F)C(F)(F)F. The second-order valence-corrected chi connectivity index (χ2v) is 3.47. The Balaban J connectivity index is 3.67. The Morgan fingerprint density at radius 2 is 1.63 bits per heavy atom. The molecule has 10 heteroatoms. The number of alkyl halides is 6. The van der Waals surface area contributed by atoms with Crippen molar-refractivity contribution in [3.05, 3.63) is 29.6 Å². The summed E-state index contributed by atoms with van der Waals surface area (Å²) in [7, 11) is 0. The average Bonchev–Trinajstić information content (AvgIpc) is 2.24. The molecular formula is C9H6F6N2O2. The summed E-state index contributed by atoms with van der Waals surface area (Å²) in [6.07, 6.45) is -11.4. The van der Waals surface area contributed by atoms with Crippen molar-refractivity contribution in [3.63, 3.8) is 0 Å². The lowest BCUT2D eigenvalue weighted by Gasteiger charge is -2.33. The van der Waals surface area contributed by atoms with Gasteiger partial charge in [0.15, 0.2) is 0 Å². The van der Waals surface area contributed by atoms with Crippen LogP contribution in [-0.2, 0) is 5.60 Å². The molecule has 0 unspecified atom stereocenters. The number of carbonyl (C=O) groups is 1. The van der Waals surface area contributed by atoms with Gasteiger partial charge in [0.25, 0.3) is 11.5 Å². The van der Waals surface area contributed by atoms with Crippen LogP contribution in [0, 0.1) is 0 Å². The van der Waals surface area contributed by atoms with Crippen LogP contribution in [0.15, 0.2) is 18.3 Å². The van der Waals surface area contributed by atoms with Crippen molar-refractivity contribution in [2.45, 2.75) is 18.0 Å². The molecule has 0 aliphatic heterocycles. The van der Waals surface area contributed by atoms with E-state index in [0.717, 1.165) is 6.20 Å². The van der Waals surface area contributed by atoms with Gasteiger partial charge in [-0.3, -0.25) is 9.78 Å². The minimum atomic E-state index is -6.10. The van der Waals surface area contributed by atoms with Gasteiger partial charge >= 0.3 is 12.4 Å². The number of aliphatic hydroxyl groups is 1. The molecule has 0 fully saturated rings. The summed E-state index contributed by atoms with van der Waals surface area (Å²) < 4.78 is 75.5. The Bertz CT molecular complexity index is 482. The van der Waals surface area contributed by atoms with Gasteiger partial charge in [-0.1, -0.05) is 6.07 Å². The molecule has 0 spiro atoms. The molecule has 0 bridgehead atoms. The highest BCUT2D eigenvalue weighted by molar-refractivity contribution is 5.92. The molecule has 1 amide bonds. The lowest BCUT2D eigenvalue weighted by atomic mass is 9.90. The van der Waals surface area contributed by atoms with Gasteiger partial charge in [0.1, 0.15) is 5.69 Å². The third-order valence-electron chi connectivity index (χ3n) is 2.25. The molecule has 4 nitrogen and oxygen atoms in total. The molecule has 1 aromatic rings. The van der Waals surface area contributed by atoms with E-state index in [4.69, 9.17) is 5.11 Å². The maximum Gasteiger partial charge on any atom is 0.430 e. The molecule has 0 saturated carbocycles. The number of pyridine rings is 1. The van der Waals surface area contributed by atoms with Crippen molar-refractivity contribution < 1.29 is 36.2 Å². The normalized spacial score (nSPS) is 13.4. The number of amides is 1. The Morgan fingerprint density at radius 1 is 1.16 bits per heavy atom. The summed E-state index contributed by atoms with van der Waals surface area (Å²) in [6, 6.07) is 0.998. The van der Waals surface area contributed by atoms with Gasteiger partial charge in [-0.05, 0) is 6.07 Å². The first-order valence-corrected chi connectivity index (χ1v) is 4.54. The van der Waals surface area contributed by atoms with Crippen molar-refractivity contribution in [2.24, 2.45) is 5.73 Å². The van der Waals surface area contributed by atoms with Crippen molar-refractivity contribution in [1.29, 1.82) is 0 Å². The van der Waals surface area contributed by atoms with Crippen molar-refractivity contribution in [3.8, 4) is 0 Å². The maximum atomic E-state index is 12.6. The molecule has 19 heavy (non-hydrogen) atoms. The van der Waals surface area contributed by atoms with Gasteiger partial charge in [-0.25, -0.2) is 0 Å². The predicted octanol–water partition coefficient (Wildman–Crippen LogP) is 1.49. The first-order valence-electron chi connectivity index (χ1n) is 4.54. The van der Waals surface area contributed by atoms with Gasteiger partial charge in [-0.2, -0.15) is 26.3 Å². The fourth-order valence-electron chi connectivity index (χ4n) is 1.36. The van der Waals surface area contributed by atoms with E-state index in [1.54, 1.807) is 0 Å². The van der Waals surface area contributed by atoms with E-state index in [-0.39, 0.29) is 6.07 Å². The first kappa shape index (κ1) is 15.2. The van der Waals surface area contributed by atoms with E-state index in [9.17, 15) is 31.1 Å². The van der Waals surface area contributed by atoms with E-state index >= 15 is 0 Å². The summed E-state index contributed by atoms with van der Waals surface area (Å²) in [5, 5.41) is 9.09. The Labute approximate surface area is 101 Å². The van der Waals surface area contributed by atoms with Gasteiger partial charge in [0.2, 0.25) is 0 Å². The van der Waals surface area contributed by atoms with Crippen LogP contribution in [-0.4, -0.2) is 28.4 Å². The largest absolute Gasteiger partial charge is 0.430 e. The first-order chi connectivity index (χ1) is 8.43. The average molecular weight is 288 g/mol. The van der Waals surface area contributed by atoms with E-state index < -0.39 is 35.1 Å². The standard InChI is InChI=1S/C9H6F6N2O2/c10-8(11,12)7(19,9(13,14)15)4-2-1-3-17-5(4)6(16)18/h1-3,19H,(H2,16,18). The van der Waals surface area contributed by atoms with Crippen LogP contribution in [0.1, 0.15) is 16.1 Å². The second kappa shape index (κ2) is 4.37. The summed E-state index contributed by atoms with van der Waals surface area (Å²) in [4.78, 5) is 13.9. The Kier molecular flexibility index (Phi) is 3.50. The number of carbonyl (C=O) groups excluding carboxylic acids is 1. The quantitative estimate of drug-likeness (QED) is 0.809. The monoisotopic (exact) mass is 288 g/mol. The molecule has 3 N–H and O–H groups in total. The predicted molar refractivity (Wildman–Crippen MR) is 48.8 cm³/mol. The van der Waals surface area contributed by atoms with Crippen LogP contribution >= 0.6 is 0 Å². The molecule has 1 aromatic heterocycles. The molecule has 1 rings (SSSR count).